The molecule has 1 saturated heterocycles. The van der Waals surface area contributed by atoms with Gasteiger partial charge in [-0.3, -0.25) is 0 Å². The number of benzene rings is 1. The van der Waals surface area contributed by atoms with Gasteiger partial charge in [-0.1, -0.05) is 17.7 Å². The number of pyridine rings is 1. The summed E-state index contributed by atoms with van der Waals surface area (Å²) in [5.74, 6) is 1.11. The molecule has 0 spiro atoms. The van der Waals surface area contributed by atoms with Gasteiger partial charge < -0.3 is 20.6 Å². The maximum absolute atomic E-state index is 13.5. The Balaban J connectivity index is 1.63. The Hall–Kier alpha value is -2.38. The van der Waals surface area contributed by atoms with Crippen LogP contribution in [-0.4, -0.2) is 41.7 Å². The fraction of sp³-hybridized carbons (Fsp3) is 0.400. The molecule has 1 fully saturated rings. The quantitative estimate of drug-likeness (QED) is 0.509. The third-order valence-corrected chi connectivity index (χ3v) is 4.91. The molecule has 3 rings (SSSR count). The van der Waals surface area contributed by atoms with E-state index in [1.54, 1.807) is 18.3 Å². The highest BCUT2D eigenvalue weighted by Crippen LogP contribution is 2.25. The summed E-state index contributed by atoms with van der Waals surface area (Å²) in [6.45, 7) is 4.46. The molecule has 150 valence electrons. The standard InChI is InChI=1S/C20H25ClFN5O/c1-2-23-20(25-11-14-5-6-18(22)15(10-14)13-28)26-16-7-9-27(12-16)19-17(21)4-3-8-24-19/h3-6,8,10,16,28H,2,7,9,11-13H2,1H3,(H2,23,25,26). The number of aliphatic hydroxyl groups is 1. The highest BCUT2D eigenvalue weighted by Gasteiger charge is 2.25. The van der Waals surface area contributed by atoms with Crippen molar-refractivity contribution in [1.29, 1.82) is 0 Å². The molecule has 1 aromatic carbocycles. The molecule has 8 heteroatoms. The van der Waals surface area contributed by atoms with Gasteiger partial charge in [0.1, 0.15) is 11.6 Å². The van der Waals surface area contributed by atoms with Crippen LogP contribution in [0.4, 0.5) is 10.2 Å². The van der Waals surface area contributed by atoms with Gasteiger partial charge in [-0.15, -0.1) is 0 Å². The molecule has 1 aliphatic heterocycles. The molecule has 2 aromatic rings. The zero-order valence-corrected chi connectivity index (χ0v) is 16.6. The van der Waals surface area contributed by atoms with Crippen LogP contribution in [0.1, 0.15) is 24.5 Å². The minimum atomic E-state index is -0.403. The average molecular weight is 406 g/mol. The van der Waals surface area contributed by atoms with Gasteiger partial charge in [0.25, 0.3) is 0 Å². The van der Waals surface area contributed by atoms with Crippen molar-refractivity contribution in [3.8, 4) is 0 Å². The number of hydrogen-bond donors (Lipinski definition) is 3. The van der Waals surface area contributed by atoms with Gasteiger partial charge in [-0.25, -0.2) is 14.4 Å². The van der Waals surface area contributed by atoms with Crippen molar-refractivity contribution < 1.29 is 9.50 Å². The lowest BCUT2D eigenvalue weighted by Gasteiger charge is -2.20. The SMILES string of the molecule is CCNC(=NCc1ccc(F)c(CO)c1)NC1CCN(c2ncccc2Cl)C1. The van der Waals surface area contributed by atoms with Crippen LogP contribution in [0.5, 0.6) is 0 Å². The molecule has 1 atom stereocenters. The molecule has 0 amide bonds. The molecule has 1 aromatic heterocycles. The van der Waals surface area contributed by atoms with Crippen molar-refractivity contribution in [3.05, 3.63) is 58.5 Å². The first-order valence-electron chi connectivity index (χ1n) is 9.39. The number of halogens is 2. The molecule has 6 nitrogen and oxygen atoms in total. The fourth-order valence-electron chi connectivity index (χ4n) is 3.21. The first-order chi connectivity index (χ1) is 13.6. The van der Waals surface area contributed by atoms with E-state index in [1.165, 1.54) is 6.07 Å². The lowest BCUT2D eigenvalue weighted by atomic mass is 10.1. The van der Waals surface area contributed by atoms with Crippen molar-refractivity contribution in [2.45, 2.75) is 32.5 Å². The highest BCUT2D eigenvalue weighted by molar-refractivity contribution is 6.32. The van der Waals surface area contributed by atoms with Crippen molar-refractivity contribution in [2.75, 3.05) is 24.5 Å². The molecular formula is C20H25ClFN5O. The predicted octanol–water partition coefficient (Wildman–Crippen LogP) is 2.70. The summed E-state index contributed by atoms with van der Waals surface area (Å²) in [6, 6.07) is 8.58. The minimum Gasteiger partial charge on any atom is -0.392 e. The van der Waals surface area contributed by atoms with E-state index in [0.29, 0.717) is 17.5 Å². The van der Waals surface area contributed by atoms with E-state index in [0.717, 1.165) is 37.4 Å². The minimum absolute atomic E-state index is 0.220. The number of nitrogens with one attached hydrogen (secondary N) is 2. The van der Waals surface area contributed by atoms with Crippen LogP contribution in [0, 0.1) is 5.82 Å². The summed E-state index contributed by atoms with van der Waals surface area (Å²) in [5.41, 5.74) is 1.13. The summed E-state index contributed by atoms with van der Waals surface area (Å²) >= 11 is 6.26. The molecule has 3 N–H and O–H groups in total. The number of guanidine groups is 1. The molecule has 2 heterocycles. The van der Waals surface area contributed by atoms with Crippen molar-refractivity contribution in [1.82, 2.24) is 15.6 Å². The van der Waals surface area contributed by atoms with Crippen LogP contribution in [0.25, 0.3) is 0 Å². The topological polar surface area (TPSA) is 72.8 Å². The van der Waals surface area contributed by atoms with E-state index in [4.69, 9.17) is 11.6 Å². The van der Waals surface area contributed by atoms with Crippen LogP contribution in [0.2, 0.25) is 5.02 Å². The van der Waals surface area contributed by atoms with Crippen LogP contribution in [0.3, 0.4) is 0 Å². The predicted molar refractivity (Wildman–Crippen MR) is 110 cm³/mol. The Kier molecular flexibility index (Phi) is 7.06. The van der Waals surface area contributed by atoms with Gasteiger partial charge in [0.05, 0.1) is 18.2 Å². The van der Waals surface area contributed by atoms with Gasteiger partial charge >= 0.3 is 0 Å². The monoisotopic (exact) mass is 405 g/mol. The Bertz CT molecular complexity index is 832. The van der Waals surface area contributed by atoms with E-state index < -0.39 is 5.82 Å². The first-order valence-corrected chi connectivity index (χ1v) is 9.77. The molecule has 1 unspecified atom stereocenters. The lowest BCUT2D eigenvalue weighted by Crippen LogP contribution is -2.44. The largest absolute Gasteiger partial charge is 0.392 e. The Labute approximate surface area is 169 Å². The number of aliphatic hydroxyl groups excluding tert-OH is 1. The van der Waals surface area contributed by atoms with Crippen LogP contribution < -0.4 is 15.5 Å². The number of anilines is 1. The molecule has 0 aliphatic carbocycles. The summed E-state index contributed by atoms with van der Waals surface area (Å²) in [6.07, 6.45) is 2.69. The van der Waals surface area contributed by atoms with E-state index in [-0.39, 0.29) is 18.2 Å². The summed E-state index contributed by atoms with van der Waals surface area (Å²) in [5, 5.41) is 16.6. The molecule has 0 radical (unpaired) electrons. The van der Waals surface area contributed by atoms with E-state index >= 15 is 0 Å². The normalized spacial score (nSPS) is 17.1. The number of rotatable bonds is 6. The first kappa shape index (κ1) is 20.4. The molecule has 1 aliphatic rings. The van der Waals surface area contributed by atoms with Crippen molar-refractivity contribution in [2.24, 2.45) is 4.99 Å². The average Bonchev–Trinajstić information content (AvgIpc) is 3.16. The molecule has 0 saturated carbocycles. The second-order valence-corrected chi connectivity index (χ2v) is 7.07. The molecule has 0 bridgehead atoms. The molecule has 28 heavy (non-hydrogen) atoms. The number of aromatic nitrogens is 1. The van der Waals surface area contributed by atoms with Crippen LogP contribution in [0.15, 0.2) is 41.5 Å². The van der Waals surface area contributed by atoms with E-state index in [1.807, 2.05) is 19.1 Å². The van der Waals surface area contributed by atoms with Gasteiger partial charge in [-0.2, -0.15) is 0 Å². The van der Waals surface area contributed by atoms with Crippen molar-refractivity contribution in [3.63, 3.8) is 0 Å². The summed E-state index contributed by atoms with van der Waals surface area (Å²) in [7, 11) is 0. The third-order valence-electron chi connectivity index (χ3n) is 4.61. The highest BCUT2D eigenvalue weighted by atomic mass is 35.5. The van der Waals surface area contributed by atoms with E-state index in [9.17, 15) is 9.50 Å². The van der Waals surface area contributed by atoms with Gasteiger partial charge in [0, 0.05) is 37.4 Å². The fourth-order valence-corrected chi connectivity index (χ4v) is 3.45. The Morgan fingerprint density at radius 2 is 2.29 bits per heavy atom. The zero-order chi connectivity index (χ0) is 19.9. The summed E-state index contributed by atoms with van der Waals surface area (Å²) < 4.78 is 13.5. The van der Waals surface area contributed by atoms with Gasteiger partial charge in [0.15, 0.2) is 5.96 Å². The Morgan fingerprint density at radius 3 is 3.04 bits per heavy atom. The number of aliphatic imine (C=N–C) groups is 1. The maximum atomic E-state index is 13.5. The maximum Gasteiger partial charge on any atom is 0.191 e. The molecular weight excluding hydrogens is 381 g/mol. The van der Waals surface area contributed by atoms with Crippen molar-refractivity contribution >= 4 is 23.4 Å². The Morgan fingerprint density at radius 1 is 1.43 bits per heavy atom. The second-order valence-electron chi connectivity index (χ2n) is 6.66. The number of nitrogens with zero attached hydrogens (tertiary/aromatic N) is 3. The second kappa shape index (κ2) is 9.71. The van der Waals surface area contributed by atoms with Gasteiger partial charge in [-0.05, 0) is 43.2 Å². The van der Waals surface area contributed by atoms with Crippen LogP contribution >= 0.6 is 11.6 Å². The number of hydrogen-bond acceptors (Lipinski definition) is 4. The smallest absolute Gasteiger partial charge is 0.191 e. The zero-order valence-electron chi connectivity index (χ0n) is 15.8. The lowest BCUT2D eigenvalue weighted by molar-refractivity contribution is 0.275. The summed E-state index contributed by atoms with van der Waals surface area (Å²) in [4.78, 5) is 11.1. The third kappa shape index (κ3) is 5.11. The van der Waals surface area contributed by atoms with Crippen LogP contribution in [-0.2, 0) is 13.2 Å². The van der Waals surface area contributed by atoms with E-state index in [2.05, 4.69) is 25.5 Å². The van der Waals surface area contributed by atoms with Gasteiger partial charge in [0.2, 0.25) is 0 Å².